The zero-order chi connectivity index (χ0) is 21.9. The molecule has 3 rings (SSSR count). The van der Waals surface area contributed by atoms with Crippen molar-refractivity contribution in [1.29, 1.82) is 0 Å². The van der Waals surface area contributed by atoms with E-state index in [9.17, 15) is 4.39 Å². The van der Waals surface area contributed by atoms with Crippen LogP contribution in [0.3, 0.4) is 0 Å². The second-order valence-corrected chi connectivity index (χ2v) is 7.99. The fourth-order valence-electron chi connectivity index (χ4n) is 3.48. The van der Waals surface area contributed by atoms with E-state index in [-0.39, 0.29) is 12.7 Å². The third-order valence-corrected chi connectivity index (χ3v) is 5.46. The molecule has 2 nitrogen and oxygen atoms in total. The summed E-state index contributed by atoms with van der Waals surface area (Å²) in [4.78, 5) is 0. The Morgan fingerprint density at radius 3 is 2.10 bits per heavy atom. The Labute approximate surface area is 186 Å². The normalized spacial score (nSPS) is 13.0. The predicted molar refractivity (Wildman–Crippen MR) is 126 cm³/mol. The molecule has 3 aromatic carbocycles. The third-order valence-electron chi connectivity index (χ3n) is 5.46. The molecule has 0 heterocycles. The molecule has 0 amide bonds. The van der Waals surface area contributed by atoms with E-state index in [1.54, 1.807) is 0 Å². The number of rotatable bonds is 12. The molecule has 0 bridgehead atoms. The summed E-state index contributed by atoms with van der Waals surface area (Å²) < 4.78 is 25.6. The summed E-state index contributed by atoms with van der Waals surface area (Å²) in [5.74, 6) is 0.853. The number of hydrogen-bond donors (Lipinski definition) is 0. The van der Waals surface area contributed by atoms with Crippen LogP contribution in [-0.4, -0.2) is 12.8 Å². The maximum Gasteiger partial charge on any atom is 0.123 e. The van der Waals surface area contributed by atoms with Crippen molar-refractivity contribution in [2.24, 2.45) is 0 Å². The molecule has 0 aliphatic heterocycles. The van der Waals surface area contributed by atoms with Crippen molar-refractivity contribution in [3.63, 3.8) is 0 Å². The lowest BCUT2D eigenvalue weighted by Crippen LogP contribution is -2.12. The van der Waals surface area contributed by atoms with Crippen LogP contribution in [0.2, 0.25) is 0 Å². The van der Waals surface area contributed by atoms with Gasteiger partial charge >= 0.3 is 0 Å². The van der Waals surface area contributed by atoms with Crippen molar-refractivity contribution in [3.05, 3.63) is 90.0 Å². The van der Waals surface area contributed by atoms with Crippen LogP contribution in [0.15, 0.2) is 78.9 Å². The molecule has 3 aromatic rings. The van der Waals surface area contributed by atoms with Crippen LogP contribution < -0.4 is 4.74 Å². The van der Waals surface area contributed by atoms with Crippen molar-refractivity contribution in [1.82, 2.24) is 0 Å². The first-order valence-electron chi connectivity index (χ1n) is 11.3. The molecule has 31 heavy (non-hydrogen) atoms. The van der Waals surface area contributed by atoms with Crippen LogP contribution in [0.25, 0.3) is 11.1 Å². The van der Waals surface area contributed by atoms with Gasteiger partial charge in [0.25, 0.3) is 0 Å². The van der Waals surface area contributed by atoms with Crippen molar-refractivity contribution in [2.45, 2.75) is 58.4 Å². The van der Waals surface area contributed by atoms with Gasteiger partial charge in [0.15, 0.2) is 0 Å². The second kappa shape index (κ2) is 12.3. The fourth-order valence-corrected chi connectivity index (χ4v) is 3.48. The van der Waals surface area contributed by atoms with E-state index in [2.05, 4.69) is 55.5 Å². The van der Waals surface area contributed by atoms with Crippen molar-refractivity contribution >= 4 is 0 Å². The Morgan fingerprint density at radius 1 is 0.806 bits per heavy atom. The molecule has 2 atom stereocenters. The first-order chi connectivity index (χ1) is 15.2. The van der Waals surface area contributed by atoms with Gasteiger partial charge in [0.2, 0.25) is 0 Å². The Bertz CT molecular complexity index is 875. The van der Waals surface area contributed by atoms with Gasteiger partial charge in [-0.3, -0.25) is 0 Å². The topological polar surface area (TPSA) is 18.5 Å². The molecule has 0 saturated heterocycles. The highest BCUT2D eigenvalue weighted by Crippen LogP contribution is 2.26. The third kappa shape index (κ3) is 7.52. The molecular weight excluding hydrogens is 387 g/mol. The summed E-state index contributed by atoms with van der Waals surface area (Å²) in [6, 6.07) is 26.6. The van der Waals surface area contributed by atoms with Crippen LogP contribution >= 0.6 is 0 Å². The number of benzene rings is 3. The lowest BCUT2D eigenvalue weighted by atomic mass is 10.0. The molecule has 3 heteroatoms. The molecule has 0 fully saturated rings. The van der Waals surface area contributed by atoms with E-state index in [1.807, 2.05) is 37.3 Å². The predicted octanol–water partition coefficient (Wildman–Crippen LogP) is 7.93. The van der Waals surface area contributed by atoms with Gasteiger partial charge < -0.3 is 9.47 Å². The molecule has 0 aromatic heterocycles. The molecule has 0 aliphatic carbocycles. The zero-order valence-corrected chi connectivity index (χ0v) is 18.6. The number of alkyl halides is 1. The molecule has 164 valence electrons. The van der Waals surface area contributed by atoms with E-state index in [4.69, 9.17) is 9.47 Å². The summed E-state index contributed by atoms with van der Waals surface area (Å²) in [7, 11) is 0. The average Bonchev–Trinajstić information content (AvgIpc) is 2.82. The first kappa shape index (κ1) is 23.0. The van der Waals surface area contributed by atoms with Gasteiger partial charge in [-0.15, -0.1) is 0 Å². The van der Waals surface area contributed by atoms with Gasteiger partial charge in [-0.25, -0.2) is 4.39 Å². The SMILES string of the molecule is CCCCCC(F)COC(C)c1ccc(-c2ccc(OCc3ccccc3)cc2)cc1. The monoisotopic (exact) mass is 420 g/mol. The Hall–Kier alpha value is -2.65. The minimum Gasteiger partial charge on any atom is -0.489 e. The molecule has 2 unspecified atom stereocenters. The largest absolute Gasteiger partial charge is 0.489 e. The summed E-state index contributed by atoms with van der Waals surface area (Å²) in [6.07, 6.45) is 2.71. The molecule has 0 saturated carbocycles. The van der Waals surface area contributed by atoms with Crippen molar-refractivity contribution in [2.75, 3.05) is 6.61 Å². The summed E-state index contributed by atoms with van der Waals surface area (Å²) in [6.45, 7) is 4.83. The van der Waals surface area contributed by atoms with Gasteiger partial charge in [-0.2, -0.15) is 0 Å². The quantitative estimate of drug-likeness (QED) is 0.277. The van der Waals surface area contributed by atoms with Gasteiger partial charge in [-0.1, -0.05) is 92.9 Å². The van der Waals surface area contributed by atoms with Crippen LogP contribution in [-0.2, 0) is 11.3 Å². The van der Waals surface area contributed by atoms with Crippen LogP contribution in [0.5, 0.6) is 5.75 Å². The maximum absolute atomic E-state index is 13.9. The van der Waals surface area contributed by atoms with E-state index in [1.165, 1.54) is 0 Å². The van der Waals surface area contributed by atoms with E-state index < -0.39 is 6.17 Å². The second-order valence-electron chi connectivity index (χ2n) is 7.99. The molecule has 0 aliphatic rings. The minimum atomic E-state index is -0.879. The zero-order valence-electron chi connectivity index (χ0n) is 18.6. The van der Waals surface area contributed by atoms with E-state index in [0.29, 0.717) is 13.0 Å². The Kier molecular flexibility index (Phi) is 9.11. The molecule has 0 N–H and O–H groups in total. The first-order valence-corrected chi connectivity index (χ1v) is 11.3. The van der Waals surface area contributed by atoms with Crippen LogP contribution in [0, 0.1) is 0 Å². The molecular formula is C28H33FO2. The number of halogens is 1. The highest BCUT2D eigenvalue weighted by Gasteiger charge is 2.11. The van der Waals surface area contributed by atoms with E-state index in [0.717, 1.165) is 47.3 Å². The Morgan fingerprint density at radius 2 is 1.45 bits per heavy atom. The summed E-state index contributed by atoms with van der Waals surface area (Å²) in [5.41, 5.74) is 4.48. The van der Waals surface area contributed by atoms with Gasteiger partial charge in [0, 0.05) is 0 Å². The molecule has 0 spiro atoms. The minimum absolute atomic E-state index is 0.118. The van der Waals surface area contributed by atoms with Gasteiger partial charge in [0.1, 0.15) is 18.5 Å². The van der Waals surface area contributed by atoms with Crippen molar-refractivity contribution in [3.8, 4) is 16.9 Å². The summed E-state index contributed by atoms with van der Waals surface area (Å²) in [5, 5.41) is 0. The van der Waals surface area contributed by atoms with E-state index >= 15 is 0 Å². The van der Waals surface area contributed by atoms with Crippen LogP contribution in [0.1, 0.15) is 56.8 Å². The number of ether oxygens (including phenoxy) is 2. The van der Waals surface area contributed by atoms with Crippen LogP contribution in [0.4, 0.5) is 4.39 Å². The maximum atomic E-state index is 13.9. The highest BCUT2D eigenvalue weighted by molar-refractivity contribution is 5.64. The van der Waals surface area contributed by atoms with Gasteiger partial charge in [0.05, 0.1) is 12.7 Å². The average molecular weight is 421 g/mol. The number of hydrogen-bond acceptors (Lipinski definition) is 2. The van der Waals surface area contributed by atoms with Crippen molar-refractivity contribution < 1.29 is 13.9 Å². The lowest BCUT2D eigenvalue weighted by Gasteiger charge is -2.16. The smallest absolute Gasteiger partial charge is 0.123 e. The Balaban J connectivity index is 1.49. The van der Waals surface area contributed by atoms with Gasteiger partial charge in [-0.05, 0) is 47.7 Å². The lowest BCUT2D eigenvalue weighted by molar-refractivity contribution is 0.0248. The highest BCUT2D eigenvalue weighted by atomic mass is 19.1. The number of unbranched alkanes of at least 4 members (excludes halogenated alkanes) is 2. The fraction of sp³-hybridized carbons (Fsp3) is 0.357. The molecule has 0 radical (unpaired) electrons. The summed E-state index contributed by atoms with van der Waals surface area (Å²) >= 11 is 0. The standard InChI is InChI=1S/C28H33FO2/c1-3-4-6-11-27(29)21-30-22(2)24-12-14-25(15-13-24)26-16-18-28(19-17-26)31-20-23-9-7-5-8-10-23/h5,7-10,12-19,22,27H,3-4,6,11,20-21H2,1-2H3.